The summed E-state index contributed by atoms with van der Waals surface area (Å²) in [5.41, 5.74) is 1.24. The highest BCUT2D eigenvalue weighted by Gasteiger charge is 2.25. The zero-order valence-corrected chi connectivity index (χ0v) is 11.6. The van der Waals surface area contributed by atoms with E-state index >= 15 is 0 Å². The van der Waals surface area contributed by atoms with Crippen LogP contribution in [0.2, 0.25) is 0 Å². The van der Waals surface area contributed by atoms with Crippen LogP contribution >= 0.6 is 0 Å². The fourth-order valence-electron chi connectivity index (χ4n) is 2.62. The van der Waals surface area contributed by atoms with E-state index < -0.39 is 0 Å². The van der Waals surface area contributed by atoms with Crippen LogP contribution < -0.4 is 5.32 Å². The molecule has 0 aromatic rings. The lowest BCUT2D eigenvalue weighted by molar-refractivity contribution is -0.131. The molecule has 1 N–H and O–H groups in total. The van der Waals surface area contributed by atoms with Crippen LogP contribution in [-0.2, 0) is 4.79 Å². The minimum absolute atomic E-state index is 0.250. The predicted molar refractivity (Wildman–Crippen MR) is 73.2 cm³/mol. The van der Waals surface area contributed by atoms with Crippen LogP contribution in [0.1, 0.15) is 32.6 Å². The Morgan fingerprint density at radius 1 is 1.44 bits per heavy atom. The molecule has 0 saturated carbocycles. The minimum atomic E-state index is 0.250. The lowest BCUT2D eigenvalue weighted by Crippen LogP contribution is -2.57. The van der Waals surface area contributed by atoms with Crippen molar-refractivity contribution in [2.45, 2.75) is 38.6 Å². The van der Waals surface area contributed by atoms with Crippen LogP contribution in [0.5, 0.6) is 0 Å². The molecular formula is C14H25N3O. The number of allylic oxidation sites excluding steroid dienone is 2. The average Bonchev–Trinajstić information content (AvgIpc) is 2.28. The summed E-state index contributed by atoms with van der Waals surface area (Å²) < 4.78 is 0. The summed E-state index contributed by atoms with van der Waals surface area (Å²) in [5, 5.41) is 3.24. The summed E-state index contributed by atoms with van der Waals surface area (Å²) in [5.74, 6) is 0.250. The van der Waals surface area contributed by atoms with E-state index in [1.165, 1.54) is 18.5 Å². The highest BCUT2D eigenvalue weighted by Crippen LogP contribution is 2.21. The van der Waals surface area contributed by atoms with Crippen molar-refractivity contribution in [2.24, 2.45) is 0 Å². The third-order valence-corrected chi connectivity index (χ3v) is 4.00. The van der Waals surface area contributed by atoms with Crippen LogP contribution in [0.4, 0.5) is 0 Å². The zero-order valence-electron chi connectivity index (χ0n) is 11.6. The Morgan fingerprint density at radius 2 is 2.22 bits per heavy atom. The van der Waals surface area contributed by atoms with Gasteiger partial charge in [-0.1, -0.05) is 6.08 Å². The van der Waals surface area contributed by atoms with Gasteiger partial charge in [0.15, 0.2) is 0 Å². The normalized spacial score (nSPS) is 20.5. The van der Waals surface area contributed by atoms with Gasteiger partial charge in [-0.3, -0.25) is 9.69 Å². The van der Waals surface area contributed by atoms with Crippen molar-refractivity contribution in [3.63, 3.8) is 0 Å². The number of nitrogens with one attached hydrogen (secondary N) is 1. The minimum Gasteiger partial charge on any atom is -0.316 e. The van der Waals surface area contributed by atoms with E-state index in [1.807, 2.05) is 11.9 Å². The molecule has 2 aliphatic rings. The Balaban J connectivity index is 1.90. The fourth-order valence-corrected chi connectivity index (χ4v) is 2.62. The first-order chi connectivity index (χ1) is 8.72. The van der Waals surface area contributed by atoms with Crippen molar-refractivity contribution < 1.29 is 4.79 Å². The van der Waals surface area contributed by atoms with E-state index in [0.717, 1.165) is 32.5 Å². The molecular weight excluding hydrogens is 226 g/mol. The monoisotopic (exact) mass is 251 g/mol. The molecule has 0 aromatic carbocycles. The highest BCUT2D eigenvalue weighted by molar-refractivity contribution is 5.80. The van der Waals surface area contributed by atoms with Gasteiger partial charge < -0.3 is 10.2 Å². The van der Waals surface area contributed by atoms with Gasteiger partial charge >= 0.3 is 0 Å². The van der Waals surface area contributed by atoms with E-state index in [9.17, 15) is 4.79 Å². The first-order valence-electron chi connectivity index (χ1n) is 7.12. The number of nitrogens with zero attached hydrogens (tertiary/aromatic N) is 2. The second kappa shape index (κ2) is 6.34. The van der Waals surface area contributed by atoms with Gasteiger partial charge in [-0.15, -0.1) is 0 Å². The van der Waals surface area contributed by atoms with Crippen molar-refractivity contribution in [1.82, 2.24) is 15.1 Å². The molecule has 4 nitrogen and oxygen atoms in total. The summed E-state index contributed by atoms with van der Waals surface area (Å²) in [6.45, 7) is 5.43. The number of hydrogen-bond acceptors (Lipinski definition) is 3. The van der Waals surface area contributed by atoms with Gasteiger partial charge in [0.1, 0.15) is 0 Å². The van der Waals surface area contributed by atoms with E-state index in [4.69, 9.17) is 0 Å². The number of carbonyl (C=O) groups is 1. The average molecular weight is 251 g/mol. The lowest BCUT2D eigenvalue weighted by atomic mass is 10.0. The molecule has 0 bridgehead atoms. The molecule has 1 fully saturated rings. The molecule has 1 aliphatic carbocycles. The highest BCUT2D eigenvalue weighted by atomic mass is 16.2. The molecule has 0 aromatic heterocycles. The fraction of sp³-hybridized carbons (Fsp3) is 0.786. The standard InChI is InChI=1S/C14H25N3O/c1-3-17(12-7-5-4-6-8-12)14(18)11-16(2)13-9-15-10-13/h7,13,15H,3-6,8-11H2,1-2H3. The third kappa shape index (κ3) is 3.12. The molecule has 0 radical (unpaired) electrons. The predicted octanol–water partition coefficient (Wildman–Crippen LogP) is 1.20. The number of carbonyl (C=O) groups excluding carboxylic acids is 1. The van der Waals surface area contributed by atoms with Crippen molar-refractivity contribution in [3.8, 4) is 0 Å². The SMILES string of the molecule is CCN(C(=O)CN(C)C1CNC1)C1=CCCCC1. The maximum atomic E-state index is 12.4. The van der Waals surface area contributed by atoms with Crippen molar-refractivity contribution in [1.29, 1.82) is 0 Å². The lowest BCUT2D eigenvalue weighted by Gasteiger charge is -2.36. The van der Waals surface area contributed by atoms with E-state index in [-0.39, 0.29) is 5.91 Å². The summed E-state index contributed by atoms with van der Waals surface area (Å²) in [6.07, 6.45) is 6.92. The molecule has 1 saturated heterocycles. The second-order valence-electron chi connectivity index (χ2n) is 5.31. The quantitative estimate of drug-likeness (QED) is 0.797. The Kier molecular flexibility index (Phi) is 4.78. The van der Waals surface area contributed by atoms with Gasteiger partial charge in [0, 0.05) is 31.4 Å². The van der Waals surface area contributed by atoms with Crippen molar-refractivity contribution in [2.75, 3.05) is 33.2 Å². The zero-order chi connectivity index (χ0) is 13.0. The number of amides is 1. The van der Waals surface area contributed by atoms with E-state index in [0.29, 0.717) is 12.6 Å². The second-order valence-corrected chi connectivity index (χ2v) is 5.31. The molecule has 1 amide bonds. The number of likely N-dealkylation sites (N-methyl/N-ethyl adjacent to an activating group) is 2. The Bertz CT molecular complexity index is 323. The van der Waals surface area contributed by atoms with Gasteiger partial charge in [-0.2, -0.15) is 0 Å². The van der Waals surface area contributed by atoms with Crippen LogP contribution in [0.3, 0.4) is 0 Å². The van der Waals surface area contributed by atoms with Crippen molar-refractivity contribution >= 4 is 5.91 Å². The van der Waals surface area contributed by atoms with Crippen molar-refractivity contribution in [3.05, 3.63) is 11.8 Å². The largest absolute Gasteiger partial charge is 0.316 e. The van der Waals surface area contributed by atoms with E-state index in [2.05, 4.69) is 23.2 Å². The topological polar surface area (TPSA) is 35.6 Å². The summed E-state index contributed by atoms with van der Waals surface area (Å²) >= 11 is 0. The Hall–Kier alpha value is -0.870. The van der Waals surface area contributed by atoms with E-state index in [1.54, 1.807) is 0 Å². The summed E-state index contributed by atoms with van der Waals surface area (Å²) in [4.78, 5) is 16.5. The summed E-state index contributed by atoms with van der Waals surface area (Å²) in [6, 6.07) is 0.535. The molecule has 0 atom stereocenters. The number of rotatable bonds is 5. The molecule has 4 heteroatoms. The maximum Gasteiger partial charge on any atom is 0.240 e. The third-order valence-electron chi connectivity index (χ3n) is 4.00. The molecule has 1 heterocycles. The Labute approximate surface area is 110 Å². The van der Waals surface area contributed by atoms with Crippen LogP contribution in [0, 0.1) is 0 Å². The maximum absolute atomic E-state index is 12.4. The Morgan fingerprint density at radius 3 is 2.72 bits per heavy atom. The molecule has 0 unspecified atom stereocenters. The van der Waals surface area contributed by atoms with Gasteiger partial charge in [-0.25, -0.2) is 0 Å². The molecule has 18 heavy (non-hydrogen) atoms. The van der Waals surface area contributed by atoms with Crippen LogP contribution in [0.25, 0.3) is 0 Å². The molecule has 2 rings (SSSR count). The van der Waals surface area contributed by atoms with Crippen LogP contribution in [0.15, 0.2) is 11.8 Å². The molecule has 1 aliphatic heterocycles. The molecule has 0 spiro atoms. The number of hydrogen-bond donors (Lipinski definition) is 1. The van der Waals surface area contributed by atoms with Gasteiger partial charge in [0.25, 0.3) is 0 Å². The van der Waals surface area contributed by atoms with Gasteiger partial charge in [-0.05, 0) is 39.7 Å². The van der Waals surface area contributed by atoms with Gasteiger partial charge in [0.05, 0.1) is 6.54 Å². The first kappa shape index (κ1) is 13.6. The first-order valence-corrected chi connectivity index (χ1v) is 7.12. The van der Waals surface area contributed by atoms with Gasteiger partial charge in [0.2, 0.25) is 5.91 Å². The summed E-state index contributed by atoms with van der Waals surface area (Å²) in [7, 11) is 2.05. The molecule has 102 valence electrons. The van der Waals surface area contributed by atoms with Crippen LogP contribution in [-0.4, -0.2) is 55.0 Å². The smallest absolute Gasteiger partial charge is 0.240 e.